The minimum absolute atomic E-state index is 0.118. The fourth-order valence-corrected chi connectivity index (χ4v) is 5.03. The highest BCUT2D eigenvalue weighted by atomic mass is 16.7. The van der Waals surface area contributed by atoms with Gasteiger partial charge in [0.25, 0.3) is 0 Å². The Balaban J connectivity index is 1.90. The van der Waals surface area contributed by atoms with Gasteiger partial charge < -0.3 is 50.2 Å². The Kier molecular flexibility index (Phi) is 18.2. The molecule has 5 unspecified atom stereocenters. The number of hydrogen-bond acceptors (Lipinski definition) is 10. The molecule has 8 atom stereocenters. The number of amides is 1. The van der Waals surface area contributed by atoms with Crippen LogP contribution < -0.4 is 10.1 Å². The van der Waals surface area contributed by atoms with E-state index >= 15 is 0 Å². The predicted octanol–water partition coefficient (Wildman–Crippen LogP) is 1.96. The summed E-state index contributed by atoms with van der Waals surface area (Å²) in [5, 5.41) is 63.9. The molecule has 1 heterocycles. The molecule has 1 aliphatic heterocycles. The van der Waals surface area contributed by atoms with Crippen molar-refractivity contribution in [3.05, 3.63) is 29.8 Å². The highest BCUT2D eigenvalue weighted by molar-refractivity contribution is 5.76. The average molecular weight is 614 g/mol. The Bertz CT molecular complexity index is 870. The third-order valence-electron chi connectivity index (χ3n) is 7.88. The smallest absolute Gasteiger partial charge is 0.220 e. The SMILES string of the molecule is CCCCCCCCOc1ccc(CCC(=O)N[C@@H](COC2OC(CO)C(O)C(O)C2O)[C@H](O)[C@H](O)CCCCC)cc1. The van der Waals surface area contributed by atoms with Crippen molar-refractivity contribution in [2.75, 3.05) is 19.8 Å². The van der Waals surface area contributed by atoms with Crippen molar-refractivity contribution in [1.29, 1.82) is 0 Å². The topological polar surface area (TPSA) is 178 Å². The molecule has 7 N–H and O–H groups in total. The summed E-state index contributed by atoms with van der Waals surface area (Å²) in [5.41, 5.74) is 0.941. The number of aryl methyl sites for hydroxylation is 1. The number of unbranched alkanes of at least 4 members (excludes halogenated alkanes) is 7. The molecule has 1 amide bonds. The first-order valence-electron chi connectivity index (χ1n) is 16.0. The molecule has 1 fully saturated rings. The molecule has 1 aliphatic rings. The first kappa shape index (κ1) is 37.4. The van der Waals surface area contributed by atoms with E-state index in [1.807, 2.05) is 31.2 Å². The van der Waals surface area contributed by atoms with Gasteiger partial charge in [-0.2, -0.15) is 0 Å². The molecule has 0 radical (unpaired) electrons. The Morgan fingerprint density at radius 3 is 2.23 bits per heavy atom. The van der Waals surface area contributed by atoms with Gasteiger partial charge in [-0.15, -0.1) is 0 Å². The number of aliphatic hydroxyl groups is 6. The lowest BCUT2D eigenvalue weighted by Gasteiger charge is -2.40. The minimum atomic E-state index is -1.63. The monoisotopic (exact) mass is 613 g/mol. The Morgan fingerprint density at radius 2 is 1.56 bits per heavy atom. The van der Waals surface area contributed by atoms with E-state index in [1.165, 1.54) is 25.7 Å². The van der Waals surface area contributed by atoms with E-state index in [0.717, 1.165) is 37.0 Å². The summed E-state index contributed by atoms with van der Waals surface area (Å²) in [6, 6.07) is 6.55. The molecule has 1 aromatic carbocycles. The van der Waals surface area contributed by atoms with Gasteiger partial charge in [-0.1, -0.05) is 77.3 Å². The molecule has 43 heavy (non-hydrogen) atoms. The number of nitrogens with one attached hydrogen (secondary N) is 1. The third kappa shape index (κ3) is 13.4. The average Bonchev–Trinajstić information content (AvgIpc) is 3.01. The van der Waals surface area contributed by atoms with Gasteiger partial charge in [0.2, 0.25) is 5.91 Å². The van der Waals surface area contributed by atoms with E-state index in [-0.39, 0.29) is 18.9 Å². The molecule has 0 bridgehead atoms. The van der Waals surface area contributed by atoms with Crippen LogP contribution in [0.2, 0.25) is 0 Å². The van der Waals surface area contributed by atoms with Crippen molar-refractivity contribution in [2.45, 2.75) is 140 Å². The zero-order valence-electron chi connectivity index (χ0n) is 25.9. The molecule has 11 nitrogen and oxygen atoms in total. The molecule has 0 aromatic heterocycles. The zero-order chi connectivity index (χ0) is 31.6. The van der Waals surface area contributed by atoms with E-state index in [1.54, 1.807) is 0 Å². The fourth-order valence-electron chi connectivity index (χ4n) is 5.03. The summed E-state index contributed by atoms with van der Waals surface area (Å²) in [6.07, 6.45) is 0.718. The molecular weight excluding hydrogens is 558 g/mol. The van der Waals surface area contributed by atoms with Crippen molar-refractivity contribution in [2.24, 2.45) is 0 Å². The van der Waals surface area contributed by atoms with Crippen LogP contribution >= 0.6 is 0 Å². The highest BCUT2D eigenvalue weighted by Crippen LogP contribution is 2.23. The van der Waals surface area contributed by atoms with Crippen molar-refractivity contribution < 1.29 is 49.6 Å². The Hall–Kier alpha value is -1.83. The molecule has 248 valence electrons. The first-order chi connectivity index (χ1) is 20.7. The number of hydrogen-bond donors (Lipinski definition) is 7. The standard InChI is InChI=1S/C32H55NO10/c1-3-5-7-8-9-11-19-41-23-16-13-22(14-17-23)15-18-27(36)33-24(28(37)25(35)12-10-6-4-2)21-42-32-31(40)30(39)29(38)26(20-34)43-32/h13-14,16-17,24-26,28-32,34-35,37-40H,3-12,15,18-21H2,1-2H3,(H,33,36)/t24-,25+,26?,28-,29?,30?,31?,32?/m0/s1. The van der Waals surface area contributed by atoms with Crippen molar-refractivity contribution in [3.63, 3.8) is 0 Å². The molecule has 0 saturated carbocycles. The number of carbonyl (C=O) groups is 1. The molecule has 2 rings (SSSR count). The second kappa shape index (κ2) is 21.0. The molecule has 0 aliphatic carbocycles. The summed E-state index contributed by atoms with van der Waals surface area (Å²) in [4.78, 5) is 12.9. The van der Waals surface area contributed by atoms with Crippen LogP contribution in [0.1, 0.15) is 90.0 Å². The molecule has 11 heteroatoms. The van der Waals surface area contributed by atoms with Crippen molar-refractivity contribution >= 4 is 5.91 Å². The molecule has 0 spiro atoms. The number of aliphatic hydroxyl groups excluding tert-OH is 6. The quantitative estimate of drug-likeness (QED) is 0.0957. The van der Waals surface area contributed by atoms with Crippen LogP contribution in [0, 0.1) is 0 Å². The van der Waals surface area contributed by atoms with Gasteiger partial charge in [0.1, 0.15) is 36.3 Å². The van der Waals surface area contributed by atoms with Gasteiger partial charge >= 0.3 is 0 Å². The van der Waals surface area contributed by atoms with Crippen molar-refractivity contribution in [3.8, 4) is 5.75 Å². The van der Waals surface area contributed by atoms with Crippen LogP contribution in [0.25, 0.3) is 0 Å². The summed E-state index contributed by atoms with van der Waals surface area (Å²) in [7, 11) is 0. The second-order valence-corrected chi connectivity index (χ2v) is 11.5. The number of carbonyl (C=O) groups excluding carboxylic acids is 1. The molecule has 1 aromatic rings. The van der Waals surface area contributed by atoms with Crippen molar-refractivity contribution in [1.82, 2.24) is 5.32 Å². The summed E-state index contributed by atoms with van der Waals surface area (Å²) < 4.78 is 16.8. The lowest BCUT2D eigenvalue weighted by atomic mass is 9.99. The van der Waals surface area contributed by atoms with Crippen LogP contribution in [-0.4, -0.2) is 105 Å². The van der Waals surface area contributed by atoms with E-state index in [9.17, 15) is 35.4 Å². The third-order valence-corrected chi connectivity index (χ3v) is 7.88. The van der Waals surface area contributed by atoms with E-state index < -0.39 is 55.6 Å². The normalized spacial score (nSPS) is 24.3. The van der Waals surface area contributed by atoms with E-state index in [2.05, 4.69) is 12.2 Å². The van der Waals surface area contributed by atoms with Gasteiger partial charge in [-0.05, 0) is 37.0 Å². The van der Waals surface area contributed by atoms with Crippen LogP contribution in [0.5, 0.6) is 5.75 Å². The molecular formula is C32H55NO10. The van der Waals surface area contributed by atoms with E-state index in [4.69, 9.17) is 14.2 Å². The molecule has 1 saturated heterocycles. The Morgan fingerprint density at radius 1 is 0.907 bits per heavy atom. The lowest BCUT2D eigenvalue weighted by molar-refractivity contribution is -0.303. The van der Waals surface area contributed by atoms with Crippen LogP contribution in [0.15, 0.2) is 24.3 Å². The maximum atomic E-state index is 12.9. The lowest BCUT2D eigenvalue weighted by Crippen LogP contribution is -2.60. The van der Waals surface area contributed by atoms with Crippen LogP contribution in [0.4, 0.5) is 0 Å². The zero-order valence-corrected chi connectivity index (χ0v) is 25.9. The number of ether oxygens (including phenoxy) is 3. The van der Waals surface area contributed by atoms with Gasteiger partial charge in [-0.25, -0.2) is 0 Å². The summed E-state index contributed by atoms with van der Waals surface area (Å²) in [6.45, 7) is 3.93. The largest absolute Gasteiger partial charge is 0.494 e. The summed E-state index contributed by atoms with van der Waals surface area (Å²) in [5.74, 6) is 0.415. The van der Waals surface area contributed by atoms with Gasteiger partial charge in [0, 0.05) is 6.42 Å². The minimum Gasteiger partial charge on any atom is -0.494 e. The highest BCUT2D eigenvalue weighted by Gasteiger charge is 2.44. The van der Waals surface area contributed by atoms with Gasteiger partial charge in [-0.3, -0.25) is 4.79 Å². The Labute approximate surface area is 256 Å². The fraction of sp³-hybridized carbons (Fsp3) is 0.781. The number of rotatable bonds is 22. The maximum absolute atomic E-state index is 12.9. The maximum Gasteiger partial charge on any atom is 0.220 e. The summed E-state index contributed by atoms with van der Waals surface area (Å²) >= 11 is 0. The second-order valence-electron chi connectivity index (χ2n) is 11.5. The van der Waals surface area contributed by atoms with Crippen LogP contribution in [0.3, 0.4) is 0 Å². The van der Waals surface area contributed by atoms with E-state index in [0.29, 0.717) is 25.9 Å². The van der Waals surface area contributed by atoms with Crippen LogP contribution in [-0.2, 0) is 20.7 Å². The van der Waals surface area contributed by atoms with Gasteiger partial charge in [0.05, 0.1) is 32.0 Å². The predicted molar refractivity (Wildman–Crippen MR) is 161 cm³/mol. The number of benzene rings is 1. The first-order valence-corrected chi connectivity index (χ1v) is 16.0. The van der Waals surface area contributed by atoms with Gasteiger partial charge in [0.15, 0.2) is 6.29 Å².